The van der Waals surface area contributed by atoms with Crippen molar-refractivity contribution < 1.29 is 8.78 Å². The summed E-state index contributed by atoms with van der Waals surface area (Å²) in [4.78, 5) is 0. The summed E-state index contributed by atoms with van der Waals surface area (Å²) in [5.41, 5.74) is 4.82. The fourth-order valence-electron chi connectivity index (χ4n) is 1.88. The average Bonchev–Trinajstić information content (AvgIpc) is 2.50. The van der Waals surface area contributed by atoms with Crippen LogP contribution in [0.5, 0.6) is 0 Å². The Labute approximate surface area is 139 Å². The van der Waals surface area contributed by atoms with Crippen molar-refractivity contribution in [1.82, 2.24) is 5.43 Å². The van der Waals surface area contributed by atoms with Crippen molar-refractivity contribution in [3.05, 3.63) is 65.2 Å². The minimum absolute atomic E-state index is 0.169. The van der Waals surface area contributed by atoms with Crippen LogP contribution in [0, 0.1) is 11.6 Å². The number of hydrogen-bond donors (Lipinski definition) is 2. The molecule has 0 unspecified atom stereocenters. The molecule has 0 heterocycles. The highest BCUT2D eigenvalue weighted by molar-refractivity contribution is 7.80. The zero-order valence-electron chi connectivity index (χ0n) is 12.8. The van der Waals surface area contributed by atoms with Gasteiger partial charge in [0.1, 0.15) is 11.6 Å². The lowest BCUT2D eigenvalue weighted by Crippen LogP contribution is -2.23. The minimum Gasteiger partial charge on any atom is -0.331 e. The Morgan fingerprint density at radius 1 is 1.13 bits per heavy atom. The summed E-state index contributed by atoms with van der Waals surface area (Å²) < 4.78 is 26.2. The monoisotopic (exact) mass is 333 g/mol. The van der Waals surface area contributed by atoms with Gasteiger partial charge in [-0.1, -0.05) is 26.0 Å². The fourth-order valence-corrected chi connectivity index (χ4v) is 2.05. The molecule has 2 N–H and O–H groups in total. The highest BCUT2D eigenvalue weighted by Gasteiger charge is 2.02. The van der Waals surface area contributed by atoms with Crippen molar-refractivity contribution in [2.45, 2.75) is 19.8 Å². The number of hydrazone groups is 1. The Balaban J connectivity index is 1.90. The molecule has 0 aliphatic carbocycles. The Bertz CT molecular complexity index is 712. The van der Waals surface area contributed by atoms with Gasteiger partial charge in [-0.2, -0.15) is 5.10 Å². The molecule has 0 aromatic heterocycles. The number of nitrogens with zero attached hydrogens (tertiary/aromatic N) is 1. The van der Waals surface area contributed by atoms with Crippen molar-refractivity contribution >= 4 is 29.2 Å². The van der Waals surface area contributed by atoms with Crippen LogP contribution in [-0.4, -0.2) is 11.3 Å². The summed E-state index contributed by atoms with van der Waals surface area (Å²) in [5.74, 6) is -0.849. The van der Waals surface area contributed by atoms with Crippen LogP contribution in [0.4, 0.5) is 14.5 Å². The third-order valence-electron chi connectivity index (χ3n) is 3.17. The quantitative estimate of drug-likeness (QED) is 0.494. The van der Waals surface area contributed by atoms with Crippen LogP contribution in [0.25, 0.3) is 0 Å². The van der Waals surface area contributed by atoms with Crippen molar-refractivity contribution in [3.63, 3.8) is 0 Å². The molecule has 0 amide bonds. The molecule has 2 rings (SSSR count). The van der Waals surface area contributed by atoms with Gasteiger partial charge >= 0.3 is 0 Å². The van der Waals surface area contributed by atoms with Crippen LogP contribution in [-0.2, 0) is 0 Å². The number of anilines is 1. The lowest BCUT2D eigenvalue weighted by Gasteiger charge is -2.09. The van der Waals surface area contributed by atoms with Gasteiger partial charge in [0.2, 0.25) is 0 Å². The van der Waals surface area contributed by atoms with Gasteiger partial charge in [-0.3, -0.25) is 5.43 Å². The van der Waals surface area contributed by atoms with Gasteiger partial charge in [-0.25, -0.2) is 8.78 Å². The van der Waals surface area contributed by atoms with Crippen molar-refractivity contribution in [1.29, 1.82) is 0 Å². The zero-order valence-corrected chi connectivity index (χ0v) is 13.6. The SMILES string of the molecule is CC(C)c1ccc(NC(=S)N/N=C\c2ccc(F)cc2F)cc1. The van der Waals surface area contributed by atoms with Gasteiger partial charge in [0.25, 0.3) is 0 Å². The lowest BCUT2D eigenvalue weighted by atomic mass is 10.0. The van der Waals surface area contributed by atoms with Gasteiger partial charge < -0.3 is 5.32 Å². The van der Waals surface area contributed by atoms with E-state index in [1.165, 1.54) is 17.8 Å². The summed E-state index contributed by atoms with van der Waals surface area (Å²) in [7, 11) is 0. The van der Waals surface area contributed by atoms with Crippen LogP contribution in [0.1, 0.15) is 30.9 Å². The van der Waals surface area contributed by atoms with Gasteiger partial charge in [0.15, 0.2) is 5.11 Å². The van der Waals surface area contributed by atoms with E-state index in [2.05, 4.69) is 29.7 Å². The predicted octanol–water partition coefficient (Wildman–Crippen LogP) is 4.41. The van der Waals surface area contributed by atoms with Crippen LogP contribution in [0.3, 0.4) is 0 Å². The molecule has 0 aliphatic rings. The third-order valence-corrected chi connectivity index (χ3v) is 3.36. The molecule has 2 aromatic rings. The molecule has 0 fully saturated rings. The highest BCUT2D eigenvalue weighted by Crippen LogP contribution is 2.17. The molecule has 0 aliphatic heterocycles. The van der Waals surface area contributed by atoms with E-state index in [9.17, 15) is 8.78 Å². The molecular weight excluding hydrogens is 316 g/mol. The summed E-state index contributed by atoms with van der Waals surface area (Å²) >= 11 is 5.10. The number of nitrogens with one attached hydrogen (secondary N) is 2. The molecule has 0 saturated carbocycles. The van der Waals surface area contributed by atoms with Crippen LogP contribution in [0.15, 0.2) is 47.6 Å². The molecule has 6 heteroatoms. The number of hydrogen-bond acceptors (Lipinski definition) is 2. The van der Waals surface area contributed by atoms with Crippen LogP contribution < -0.4 is 10.7 Å². The van der Waals surface area contributed by atoms with E-state index < -0.39 is 11.6 Å². The largest absolute Gasteiger partial charge is 0.331 e. The van der Waals surface area contributed by atoms with E-state index in [0.717, 1.165) is 17.8 Å². The van der Waals surface area contributed by atoms with E-state index in [-0.39, 0.29) is 10.7 Å². The number of halogens is 2. The molecular formula is C17H17F2N3S. The predicted molar refractivity (Wildman–Crippen MR) is 93.8 cm³/mol. The molecule has 0 spiro atoms. The molecule has 0 atom stereocenters. The topological polar surface area (TPSA) is 36.4 Å². The molecule has 3 nitrogen and oxygen atoms in total. The molecule has 0 radical (unpaired) electrons. The number of thiocarbonyl (C=S) groups is 1. The maximum Gasteiger partial charge on any atom is 0.191 e. The van der Waals surface area contributed by atoms with Crippen LogP contribution >= 0.6 is 12.2 Å². The first kappa shape index (κ1) is 17.0. The standard InChI is InChI=1S/C17H17F2N3S/c1-11(2)12-4-7-15(8-5-12)21-17(23)22-20-10-13-3-6-14(18)9-16(13)19/h3-11H,1-2H3,(H2,21,22,23)/b20-10-. The van der Waals surface area contributed by atoms with E-state index in [4.69, 9.17) is 12.2 Å². The minimum atomic E-state index is -0.682. The van der Waals surface area contributed by atoms with E-state index in [1.807, 2.05) is 24.3 Å². The van der Waals surface area contributed by atoms with Gasteiger partial charge in [-0.05, 0) is 48.0 Å². The second kappa shape index (κ2) is 7.78. The Hall–Kier alpha value is -2.34. The first-order valence-corrected chi connectivity index (χ1v) is 7.51. The maximum atomic E-state index is 13.4. The smallest absolute Gasteiger partial charge is 0.191 e. The molecule has 0 bridgehead atoms. The Morgan fingerprint density at radius 3 is 2.43 bits per heavy atom. The molecule has 23 heavy (non-hydrogen) atoms. The first-order chi connectivity index (χ1) is 11.0. The summed E-state index contributed by atoms with van der Waals surface area (Å²) in [6.07, 6.45) is 1.24. The fraction of sp³-hybridized carbons (Fsp3) is 0.176. The lowest BCUT2D eigenvalue weighted by molar-refractivity contribution is 0.582. The molecule has 0 saturated heterocycles. The van der Waals surface area contributed by atoms with Crippen LogP contribution in [0.2, 0.25) is 0 Å². The average molecular weight is 333 g/mol. The van der Waals surface area contributed by atoms with Crippen molar-refractivity contribution in [3.8, 4) is 0 Å². The Kier molecular flexibility index (Phi) is 5.76. The zero-order chi connectivity index (χ0) is 16.8. The number of benzene rings is 2. The van der Waals surface area contributed by atoms with Gasteiger partial charge in [-0.15, -0.1) is 0 Å². The maximum absolute atomic E-state index is 13.4. The van der Waals surface area contributed by atoms with E-state index >= 15 is 0 Å². The van der Waals surface area contributed by atoms with E-state index in [1.54, 1.807) is 0 Å². The Morgan fingerprint density at radius 2 is 1.83 bits per heavy atom. The van der Waals surface area contributed by atoms with Crippen molar-refractivity contribution in [2.75, 3.05) is 5.32 Å². The third kappa shape index (κ3) is 5.10. The van der Waals surface area contributed by atoms with Crippen molar-refractivity contribution in [2.24, 2.45) is 5.10 Å². The molecule has 120 valence electrons. The first-order valence-electron chi connectivity index (χ1n) is 7.11. The van der Waals surface area contributed by atoms with E-state index in [0.29, 0.717) is 5.92 Å². The summed E-state index contributed by atoms with van der Waals surface area (Å²) in [6.45, 7) is 4.25. The normalized spacial score (nSPS) is 11.0. The second-order valence-electron chi connectivity index (χ2n) is 5.27. The summed E-state index contributed by atoms with van der Waals surface area (Å²) in [5, 5.41) is 7.08. The highest BCUT2D eigenvalue weighted by atomic mass is 32.1. The summed E-state index contributed by atoms with van der Waals surface area (Å²) in [6, 6.07) is 11.2. The van der Waals surface area contributed by atoms with Gasteiger partial charge in [0.05, 0.1) is 6.21 Å². The number of rotatable bonds is 4. The molecule has 2 aromatic carbocycles. The van der Waals surface area contributed by atoms with Gasteiger partial charge in [0, 0.05) is 17.3 Å². The second-order valence-corrected chi connectivity index (χ2v) is 5.67.